The Balaban J connectivity index is 1.79. The van der Waals surface area contributed by atoms with E-state index in [4.69, 9.17) is 5.73 Å². The number of pyridine rings is 1. The van der Waals surface area contributed by atoms with Crippen LogP contribution in [-0.2, 0) is 0 Å². The molecule has 17 heavy (non-hydrogen) atoms. The molecule has 1 aromatic rings. The highest BCUT2D eigenvalue weighted by Crippen LogP contribution is 2.26. The molecule has 1 aromatic heterocycles. The average Bonchev–Trinajstić information content (AvgIpc) is 2.82. The third-order valence-electron chi connectivity index (χ3n) is 3.40. The molecule has 4 nitrogen and oxygen atoms in total. The van der Waals surface area contributed by atoms with E-state index in [1.165, 1.54) is 25.7 Å². The number of carbonyl (C=O) groups is 1. The first-order chi connectivity index (χ1) is 8.27. The second-order valence-corrected chi connectivity index (χ2v) is 4.63. The molecule has 2 rings (SSSR count). The van der Waals surface area contributed by atoms with E-state index < -0.39 is 0 Å². The normalized spacial score (nSPS) is 16.0. The highest BCUT2D eigenvalue weighted by Gasteiger charge is 2.15. The standard InChI is InChI=1S/C13H19N3O/c14-12-11(6-3-8-15-12)13(17)16-9-7-10-4-1-2-5-10/h3,6,8,10H,1-2,4-5,7,9H2,(H2,14,15)(H,16,17). The van der Waals surface area contributed by atoms with Gasteiger partial charge in [0.2, 0.25) is 0 Å². The Bertz CT molecular complexity index is 386. The highest BCUT2D eigenvalue weighted by molar-refractivity contribution is 5.98. The number of nitrogens with one attached hydrogen (secondary N) is 1. The van der Waals surface area contributed by atoms with Crippen molar-refractivity contribution in [1.82, 2.24) is 10.3 Å². The molecule has 0 atom stereocenters. The lowest BCUT2D eigenvalue weighted by Crippen LogP contribution is -2.26. The zero-order chi connectivity index (χ0) is 12.1. The van der Waals surface area contributed by atoms with Gasteiger partial charge in [0.05, 0.1) is 5.56 Å². The summed E-state index contributed by atoms with van der Waals surface area (Å²) in [6, 6.07) is 3.43. The molecule has 0 saturated heterocycles. The van der Waals surface area contributed by atoms with Crippen molar-refractivity contribution in [2.45, 2.75) is 32.1 Å². The van der Waals surface area contributed by atoms with Gasteiger partial charge in [-0.3, -0.25) is 4.79 Å². The Morgan fingerprint density at radius 3 is 2.94 bits per heavy atom. The van der Waals surface area contributed by atoms with Gasteiger partial charge in [-0.05, 0) is 24.5 Å². The fourth-order valence-corrected chi connectivity index (χ4v) is 2.39. The number of amides is 1. The smallest absolute Gasteiger partial charge is 0.255 e. The number of nitrogen functional groups attached to an aromatic ring is 1. The lowest BCUT2D eigenvalue weighted by Gasteiger charge is -2.10. The van der Waals surface area contributed by atoms with Crippen molar-refractivity contribution >= 4 is 11.7 Å². The molecule has 1 heterocycles. The largest absolute Gasteiger partial charge is 0.383 e. The SMILES string of the molecule is Nc1ncccc1C(=O)NCCC1CCCC1. The van der Waals surface area contributed by atoms with E-state index in [0.29, 0.717) is 11.4 Å². The Labute approximate surface area is 102 Å². The van der Waals surface area contributed by atoms with E-state index in [9.17, 15) is 4.79 Å². The summed E-state index contributed by atoms with van der Waals surface area (Å²) in [6.45, 7) is 0.734. The van der Waals surface area contributed by atoms with Crippen LogP contribution in [0, 0.1) is 5.92 Å². The lowest BCUT2D eigenvalue weighted by atomic mass is 10.0. The number of anilines is 1. The van der Waals surface area contributed by atoms with Crippen molar-refractivity contribution < 1.29 is 4.79 Å². The van der Waals surface area contributed by atoms with Crippen LogP contribution in [0.2, 0.25) is 0 Å². The molecule has 1 aliphatic carbocycles. The van der Waals surface area contributed by atoms with Crippen LogP contribution in [0.25, 0.3) is 0 Å². The number of nitrogens with zero attached hydrogens (tertiary/aromatic N) is 1. The maximum Gasteiger partial charge on any atom is 0.255 e. The summed E-state index contributed by atoms with van der Waals surface area (Å²) in [7, 11) is 0. The lowest BCUT2D eigenvalue weighted by molar-refractivity contribution is 0.0952. The number of hydrogen-bond donors (Lipinski definition) is 2. The first-order valence-electron chi connectivity index (χ1n) is 6.26. The van der Waals surface area contributed by atoms with Crippen molar-refractivity contribution in [2.24, 2.45) is 5.92 Å². The zero-order valence-corrected chi connectivity index (χ0v) is 9.98. The number of nitrogens with two attached hydrogens (primary N) is 1. The number of carbonyl (C=O) groups excluding carboxylic acids is 1. The van der Waals surface area contributed by atoms with E-state index in [2.05, 4.69) is 10.3 Å². The number of rotatable bonds is 4. The van der Waals surface area contributed by atoms with Crippen molar-refractivity contribution in [2.75, 3.05) is 12.3 Å². The minimum atomic E-state index is -0.117. The van der Waals surface area contributed by atoms with Crippen LogP contribution in [0.1, 0.15) is 42.5 Å². The van der Waals surface area contributed by atoms with Crippen molar-refractivity contribution in [3.05, 3.63) is 23.9 Å². The first-order valence-corrected chi connectivity index (χ1v) is 6.26. The molecular weight excluding hydrogens is 214 g/mol. The molecule has 1 saturated carbocycles. The molecule has 0 spiro atoms. The molecule has 1 amide bonds. The van der Waals surface area contributed by atoms with Crippen LogP contribution in [-0.4, -0.2) is 17.4 Å². The maximum atomic E-state index is 11.8. The summed E-state index contributed by atoms with van der Waals surface area (Å²) < 4.78 is 0. The minimum absolute atomic E-state index is 0.117. The third kappa shape index (κ3) is 3.19. The Morgan fingerprint density at radius 2 is 2.24 bits per heavy atom. The predicted octanol–water partition coefficient (Wildman–Crippen LogP) is 1.97. The molecule has 1 fully saturated rings. The monoisotopic (exact) mass is 233 g/mol. The van der Waals surface area contributed by atoms with Crippen molar-refractivity contribution in [3.8, 4) is 0 Å². The molecule has 1 aliphatic rings. The van der Waals surface area contributed by atoms with Gasteiger partial charge in [0.15, 0.2) is 0 Å². The summed E-state index contributed by atoms with van der Waals surface area (Å²) in [5, 5.41) is 2.91. The van der Waals surface area contributed by atoms with Gasteiger partial charge in [-0.1, -0.05) is 25.7 Å². The fraction of sp³-hybridized carbons (Fsp3) is 0.538. The van der Waals surface area contributed by atoms with Crippen molar-refractivity contribution in [1.29, 1.82) is 0 Å². The van der Waals surface area contributed by atoms with E-state index in [1.807, 2.05) is 0 Å². The molecule has 92 valence electrons. The molecule has 0 unspecified atom stereocenters. The molecule has 4 heteroatoms. The molecule has 3 N–H and O–H groups in total. The Hall–Kier alpha value is -1.58. The van der Waals surface area contributed by atoms with Crippen LogP contribution in [0.4, 0.5) is 5.82 Å². The quantitative estimate of drug-likeness (QED) is 0.835. The topological polar surface area (TPSA) is 68.0 Å². The Morgan fingerprint density at radius 1 is 1.47 bits per heavy atom. The molecule has 0 radical (unpaired) electrons. The van der Waals surface area contributed by atoms with Gasteiger partial charge in [-0.2, -0.15) is 0 Å². The van der Waals surface area contributed by atoms with E-state index >= 15 is 0 Å². The van der Waals surface area contributed by atoms with Gasteiger partial charge >= 0.3 is 0 Å². The number of hydrogen-bond acceptors (Lipinski definition) is 3. The van der Waals surface area contributed by atoms with E-state index in [1.54, 1.807) is 18.3 Å². The van der Waals surface area contributed by atoms with Crippen molar-refractivity contribution in [3.63, 3.8) is 0 Å². The molecular formula is C13H19N3O. The van der Waals surface area contributed by atoms with Gasteiger partial charge in [-0.25, -0.2) is 4.98 Å². The Kier molecular flexibility index (Phi) is 3.96. The van der Waals surface area contributed by atoms with E-state index in [0.717, 1.165) is 18.9 Å². The van der Waals surface area contributed by atoms with Crippen LogP contribution >= 0.6 is 0 Å². The van der Waals surface area contributed by atoms with Crippen LogP contribution < -0.4 is 11.1 Å². The highest BCUT2D eigenvalue weighted by atomic mass is 16.1. The third-order valence-corrected chi connectivity index (χ3v) is 3.40. The van der Waals surface area contributed by atoms with Crippen LogP contribution in [0.5, 0.6) is 0 Å². The van der Waals surface area contributed by atoms with Crippen LogP contribution in [0.15, 0.2) is 18.3 Å². The van der Waals surface area contributed by atoms with E-state index in [-0.39, 0.29) is 5.91 Å². The summed E-state index contributed by atoms with van der Waals surface area (Å²) >= 11 is 0. The van der Waals surface area contributed by atoms with Gasteiger partial charge in [0, 0.05) is 12.7 Å². The summed E-state index contributed by atoms with van der Waals surface area (Å²) in [6.07, 6.45) is 7.97. The first kappa shape index (κ1) is 11.9. The predicted molar refractivity (Wildman–Crippen MR) is 67.6 cm³/mol. The summed E-state index contributed by atoms with van der Waals surface area (Å²) in [4.78, 5) is 15.7. The fourth-order valence-electron chi connectivity index (χ4n) is 2.39. The second kappa shape index (κ2) is 5.66. The van der Waals surface area contributed by atoms with Gasteiger partial charge < -0.3 is 11.1 Å². The van der Waals surface area contributed by atoms with Gasteiger partial charge in [0.1, 0.15) is 5.82 Å². The summed E-state index contributed by atoms with van der Waals surface area (Å²) in [5.74, 6) is 0.973. The molecule has 0 bridgehead atoms. The summed E-state index contributed by atoms with van der Waals surface area (Å²) in [5.41, 5.74) is 6.11. The zero-order valence-electron chi connectivity index (χ0n) is 9.98. The van der Waals surface area contributed by atoms with Crippen LogP contribution in [0.3, 0.4) is 0 Å². The van der Waals surface area contributed by atoms with Gasteiger partial charge in [0.25, 0.3) is 5.91 Å². The van der Waals surface area contributed by atoms with Gasteiger partial charge in [-0.15, -0.1) is 0 Å². The molecule has 0 aromatic carbocycles. The molecule has 0 aliphatic heterocycles. The average molecular weight is 233 g/mol. The second-order valence-electron chi connectivity index (χ2n) is 4.63. The number of aromatic nitrogens is 1. The minimum Gasteiger partial charge on any atom is -0.383 e. The maximum absolute atomic E-state index is 11.8.